The number of rotatable bonds is 2. The Morgan fingerprint density at radius 1 is 1.35 bits per heavy atom. The molecule has 0 amide bonds. The van der Waals surface area contributed by atoms with Gasteiger partial charge >= 0.3 is 5.97 Å². The first-order chi connectivity index (χ1) is 9.64. The van der Waals surface area contributed by atoms with Crippen LogP contribution in [-0.4, -0.2) is 24.8 Å². The lowest BCUT2D eigenvalue weighted by atomic mass is 9.64. The third-order valence-electron chi connectivity index (χ3n) is 5.49. The molecule has 0 N–H and O–H groups in total. The first-order valence-electron chi connectivity index (χ1n) is 8.08. The number of carbonyl (C=O) groups is 1. The maximum absolute atomic E-state index is 11.8. The van der Waals surface area contributed by atoms with E-state index in [2.05, 4.69) is 13.0 Å². The van der Waals surface area contributed by atoms with Crippen molar-refractivity contribution in [2.24, 2.45) is 11.8 Å². The van der Waals surface area contributed by atoms with Crippen LogP contribution >= 0.6 is 0 Å². The van der Waals surface area contributed by atoms with Crippen molar-refractivity contribution >= 4 is 5.97 Å². The van der Waals surface area contributed by atoms with Crippen molar-refractivity contribution in [1.29, 1.82) is 0 Å². The van der Waals surface area contributed by atoms with E-state index in [1.807, 2.05) is 0 Å². The Kier molecular flexibility index (Phi) is 3.89. The van der Waals surface area contributed by atoms with Gasteiger partial charge in [0, 0.05) is 11.8 Å². The standard InChI is InChI=1S/C17H26O3/c1-17(11-16(18)19-2)14-9-5-3-7-12(14)13-8-4-6-10-15(13)20-17/h7,13-15H,3-6,8-11H2,1-2H3/t13-,14-,15+,17+/m0/s1. The third-order valence-corrected chi connectivity index (χ3v) is 5.49. The number of hydrogen-bond donors (Lipinski definition) is 0. The largest absolute Gasteiger partial charge is 0.469 e. The van der Waals surface area contributed by atoms with Crippen LogP contribution in [0.3, 0.4) is 0 Å². The molecule has 0 aromatic rings. The Bertz CT molecular complexity index is 414. The van der Waals surface area contributed by atoms with Gasteiger partial charge in [0.2, 0.25) is 0 Å². The number of allylic oxidation sites excluding steroid dienone is 1. The molecule has 3 nitrogen and oxygen atoms in total. The van der Waals surface area contributed by atoms with Crippen molar-refractivity contribution in [2.45, 2.75) is 70.0 Å². The molecule has 0 spiro atoms. The number of esters is 1. The van der Waals surface area contributed by atoms with Crippen molar-refractivity contribution in [3.8, 4) is 0 Å². The second-order valence-electron chi connectivity index (χ2n) is 6.80. The van der Waals surface area contributed by atoms with Crippen LogP contribution in [0.5, 0.6) is 0 Å². The minimum atomic E-state index is -0.363. The van der Waals surface area contributed by atoms with E-state index < -0.39 is 0 Å². The van der Waals surface area contributed by atoms with Crippen LogP contribution in [0.1, 0.15) is 58.3 Å². The first kappa shape index (κ1) is 14.1. The fourth-order valence-electron chi connectivity index (χ4n) is 4.54. The van der Waals surface area contributed by atoms with Gasteiger partial charge in [-0.15, -0.1) is 0 Å². The molecule has 2 fully saturated rings. The smallest absolute Gasteiger partial charge is 0.308 e. The molecule has 4 atom stereocenters. The molecule has 0 unspecified atom stereocenters. The Morgan fingerprint density at radius 3 is 2.95 bits per heavy atom. The molecule has 3 rings (SSSR count). The SMILES string of the molecule is COC(=O)C[C@@]1(C)O[C@@H]2CCCC[C@H]2C2=CCCC[C@@H]21. The zero-order valence-electron chi connectivity index (χ0n) is 12.7. The summed E-state index contributed by atoms with van der Waals surface area (Å²) in [4.78, 5) is 11.8. The number of methoxy groups -OCH3 is 1. The zero-order chi connectivity index (χ0) is 14.2. The lowest BCUT2D eigenvalue weighted by Crippen LogP contribution is -2.53. The van der Waals surface area contributed by atoms with Crippen LogP contribution in [0.4, 0.5) is 0 Å². The van der Waals surface area contributed by atoms with Gasteiger partial charge in [0.25, 0.3) is 0 Å². The molecule has 3 aliphatic rings. The Morgan fingerprint density at radius 2 is 2.15 bits per heavy atom. The average molecular weight is 278 g/mol. The maximum Gasteiger partial charge on any atom is 0.308 e. The van der Waals surface area contributed by atoms with Crippen LogP contribution in [0, 0.1) is 11.8 Å². The van der Waals surface area contributed by atoms with Gasteiger partial charge < -0.3 is 9.47 Å². The average Bonchev–Trinajstić information content (AvgIpc) is 2.47. The Balaban J connectivity index is 1.89. The van der Waals surface area contributed by atoms with Crippen LogP contribution in [0.25, 0.3) is 0 Å². The normalized spacial score (nSPS) is 40.3. The van der Waals surface area contributed by atoms with E-state index in [4.69, 9.17) is 9.47 Å². The minimum absolute atomic E-state index is 0.147. The molecule has 20 heavy (non-hydrogen) atoms. The van der Waals surface area contributed by atoms with E-state index >= 15 is 0 Å². The lowest BCUT2D eigenvalue weighted by Gasteiger charge is -2.52. The van der Waals surface area contributed by atoms with Crippen LogP contribution in [0.15, 0.2) is 11.6 Å². The van der Waals surface area contributed by atoms with Gasteiger partial charge in [-0.3, -0.25) is 4.79 Å². The number of hydrogen-bond acceptors (Lipinski definition) is 3. The molecule has 1 aliphatic heterocycles. The third kappa shape index (κ3) is 2.41. The fraction of sp³-hybridized carbons (Fsp3) is 0.824. The summed E-state index contributed by atoms with van der Waals surface area (Å²) in [6, 6.07) is 0. The van der Waals surface area contributed by atoms with Crippen LogP contribution in [-0.2, 0) is 14.3 Å². The van der Waals surface area contributed by atoms with Gasteiger partial charge in [-0.25, -0.2) is 0 Å². The summed E-state index contributed by atoms with van der Waals surface area (Å²) in [6.07, 6.45) is 11.7. The summed E-state index contributed by atoms with van der Waals surface area (Å²) < 4.78 is 11.4. The second kappa shape index (κ2) is 5.51. The van der Waals surface area contributed by atoms with E-state index in [1.165, 1.54) is 39.2 Å². The molecule has 0 aromatic carbocycles. The van der Waals surface area contributed by atoms with Crippen molar-refractivity contribution in [3.05, 3.63) is 11.6 Å². The molecule has 1 saturated carbocycles. The molecule has 2 aliphatic carbocycles. The van der Waals surface area contributed by atoms with Crippen molar-refractivity contribution in [1.82, 2.24) is 0 Å². The van der Waals surface area contributed by atoms with E-state index in [9.17, 15) is 4.79 Å². The second-order valence-corrected chi connectivity index (χ2v) is 6.80. The highest BCUT2D eigenvalue weighted by Crippen LogP contribution is 2.51. The number of carbonyl (C=O) groups excluding carboxylic acids is 1. The predicted octanol–water partition coefficient (Wildman–Crippen LogP) is 3.62. The molecule has 0 aromatic heterocycles. The molecule has 0 radical (unpaired) electrons. The highest BCUT2D eigenvalue weighted by molar-refractivity contribution is 5.70. The minimum Gasteiger partial charge on any atom is -0.469 e. The Hall–Kier alpha value is -0.830. The fourth-order valence-corrected chi connectivity index (χ4v) is 4.54. The van der Waals surface area contributed by atoms with Gasteiger partial charge in [-0.1, -0.05) is 24.5 Å². The van der Waals surface area contributed by atoms with Crippen molar-refractivity contribution in [2.75, 3.05) is 7.11 Å². The molecule has 3 heteroatoms. The molecule has 0 bridgehead atoms. The zero-order valence-corrected chi connectivity index (χ0v) is 12.7. The van der Waals surface area contributed by atoms with Crippen molar-refractivity contribution < 1.29 is 14.3 Å². The van der Waals surface area contributed by atoms with Gasteiger partial charge in [-0.2, -0.15) is 0 Å². The van der Waals surface area contributed by atoms with Crippen LogP contribution < -0.4 is 0 Å². The van der Waals surface area contributed by atoms with E-state index in [0.29, 0.717) is 24.4 Å². The monoisotopic (exact) mass is 278 g/mol. The maximum atomic E-state index is 11.8. The van der Waals surface area contributed by atoms with Gasteiger partial charge in [-0.05, 0) is 39.0 Å². The molecular formula is C17H26O3. The van der Waals surface area contributed by atoms with Gasteiger partial charge in [0.15, 0.2) is 0 Å². The molecular weight excluding hydrogens is 252 g/mol. The quantitative estimate of drug-likeness (QED) is 0.571. The van der Waals surface area contributed by atoms with Crippen LogP contribution in [0.2, 0.25) is 0 Å². The van der Waals surface area contributed by atoms with Gasteiger partial charge in [0.1, 0.15) is 0 Å². The summed E-state index contributed by atoms with van der Waals surface area (Å²) in [5.74, 6) is 0.876. The highest BCUT2D eigenvalue weighted by Gasteiger charge is 2.50. The summed E-state index contributed by atoms with van der Waals surface area (Å²) in [5.41, 5.74) is 1.23. The molecule has 1 heterocycles. The molecule has 112 valence electrons. The summed E-state index contributed by atoms with van der Waals surface area (Å²) in [6.45, 7) is 2.12. The van der Waals surface area contributed by atoms with E-state index in [-0.39, 0.29) is 11.6 Å². The number of ether oxygens (including phenoxy) is 2. The van der Waals surface area contributed by atoms with E-state index in [1.54, 1.807) is 5.57 Å². The first-order valence-corrected chi connectivity index (χ1v) is 8.08. The lowest BCUT2D eigenvalue weighted by molar-refractivity contribution is -0.181. The number of fused-ring (bicyclic) bond motifs is 3. The predicted molar refractivity (Wildman–Crippen MR) is 77.3 cm³/mol. The van der Waals surface area contributed by atoms with E-state index in [0.717, 1.165) is 12.8 Å². The summed E-state index contributed by atoms with van der Waals surface area (Å²) >= 11 is 0. The molecule has 1 saturated heterocycles. The topological polar surface area (TPSA) is 35.5 Å². The highest BCUT2D eigenvalue weighted by atomic mass is 16.5. The summed E-state index contributed by atoms with van der Waals surface area (Å²) in [7, 11) is 1.47. The van der Waals surface area contributed by atoms with Gasteiger partial charge in [0.05, 0.1) is 25.2 Å². The summed E-state index contributed by atoms with van der Waals surface area (Å²) in [5, 5.41) is 0. The van der Waals surface area contributed by atoms with Crippen molar-refractivity contribution in [3.63, 3.8) is 0 Å². The Labute approximate surface area is 121 Å².